The van der Waals surface area contributed by atoms with Gasteiger partial charge in [-0.1, -0.05) is 0 Å². The third-order valence-corrected chi connectivity index (χ3v) is 0.658. The quantitative estimate of drug-likeness (QED) is 0.294. The van der Waals surface area contributed by atoms with Gasteiger partial charge in [0, 0.05) is 0 Å². The number of carboxylic acids is 1. The van der Waals surface area contributed by atoms with Gasteiger partial charge in [-0.15, -0.1) is 0 Å². The Hall–Kier alpha value is -1.14. The van der Waals surface area contributed by atoms with Crippen molar-refractivity contribution in [2.75, 3.05) is 20.0 Å². The number of carbonyl (C=O) groups excluding carboxylic acids is 1. The number of aliphatic hydroxyl groups is 1. The van der Waals surface area contributed by atoms with Crippen LogP contribution in [0.15, 0.2) is 0 Å². The minimum absolute atomic E-state index is 0.453. The van der Waals surface area contributed by atoms with Gasteiger partial charge in [0.2, 0.25) is 0 Å². The minimum Gasteiger partial charge on any atom is -0.480 e. The Morgan fingerprint density at radius 1 is 1.36 bits per heavy atom. The van der Waals surface area contributed by atoms with E-state index in [-0.39, 0.29) is 0 Å². The number of esters is 1. The monoisotopic (exact) mass is 164 g/mol. The van der Waals surface area contributed by atoms with E-state index in [1.807, 2.05) is 0 Å². The number of hydrogen-bond donors (Lipinski definition) is 2. The topological polar surface area (TPSA) is 93.1 Å². The Morgan fingerprint density at radius 2 is 2.00 bits per heavy atom. The van der Waals surface area contributed by atoms with Crippen molar-refractivity contribution in [3.8, 4) is 0 Å². The van der Waals surface area contributed by atoms with Gasteiger partial charge in [0.15, 0.2) is 6.79 Å². The molecule has 0 aromatic heterocycles. The number of carboxylic acid groups (broad SMARTS) is 1. The molecule has 0 aromatic carbocycles. The number of carbonyl (C=O) groups is 2. The summed E-state index contributed by atoms with van der Waals surface area (Å²) in [6.07, 6.45) is 0. The van der Waals surface area contributed by atoms with Gasteiger partial charge in [0.05, 0.1) is 0 Å². The zero-order chi connectivity index (χ0) is 8.69. The fourth-order valence-electron chi connectivity index (χ4n) is 0.282. The second kappa shape index (κ2) is 5.63. The number of ether oxygens (including phenoxy) is 2. The molecule has 0 aliphatic carbocycles. The molecular weight excluding hydrogens is 156 g/mol. The Balaban J connectivity index is 3.14. The first-order valence-electron chi connectivity index (χ1n) is 2.73. The van der Waals surface area contributed by atoms with Crippen LogP contribution < -0.4 is 0 Å². The van der Waals surface area contributed by atoms with E-state index in [0.29, 0.717) is 0 Å². The van der Waals surface area contributed by atoms with Crippen molar-refractivity contribution in [3.63, 3.8) is 0 Å². The van der Waals surface area contributed by atoms with Crippen LogP contribution in [0.1, 0.15) is 0 Å². The smallest absolute Gasteiger partial charge is 0.333 e. The summed E-state index contributed by atoms with van der Waals surface area (Å²) >= 11 is 0. The van der Waals surface area contributed by atoms with Crippen LogP contribution in [0.25, 0.3) is 0 Å². The van der Waals surface area contributed by atoms with Gasteiger partial charge in [0.25, 0.3) is 0 Å². The van der Waals surface area contributed by atoms with Gasteiger partial charge < -0.3 is 19.7 Å². The Morgan fingerprint density at radius 3 is 2.45 bits per heavy atom. The standard InChI is InChI=1S/C5H8O6/c6-1-5(9)11-3-10-2-4(7)8/h6H,1-3H2,(H,7,8). The van der Waals surface area contributed by atoms with Gasteiger partial charge >= 0.3 is 11.9 Å². The van der Waals surface area contributed by atoms with Crippen LogP contribution in [-0.2, 0) is 19.1 Å². The molecule has 0 rings (SSSR count). The lowest BCUT2D eigenvalue weighted by Crippen LogP contribution is -2.15. The van der Waals surface area contributed by atoms with E-state index in [2.05, 4.69) is 9.47 Å². The second-order valence-corrected chi connectivity index (χ2v) is 1.53. The number of aliphatic carboxylic acids is 1. The largest absolute Gasteiger partial charge is 0.480 e. The molecule has 0 fully saturated rings. The molecule has 0 radical (unpaired) electrons. The third kappa shape index (κ3) is 6.75. The van der Waals surface area contributed by atoms with Crippen LogP contribution in [0.2, 0.25) is 0 Å². The number of rotatable bonds is 5. The first kappa shape index (κ1) is 9.86. The number of aliphatic hydroxyl groups excluding tert-OH is 1. The van der Waals surface area contributed by atoms with Crippen LogP contribution in [0.5, 0.6) is 0 Å². The van der Waals surface area contributed by atoms with Crippen LogP contribution in [0, 0.1) is 0 Å². The first-order valence-corrected chi connectivity index (χ1v) is 2.73. The minimum atomic E-state index is -1.15. The van der Waals surface area contributed by atoms with Gasteiger partial charge in [0.1, 0.15) is 13.2 Å². The van der Waals surface area contributed by atoms with Crippen molar-refractivity contribution in [2.45, 2.75) is 0 Å². The molecular formula is C5H8O6. The molecule has 0 aliphatic rings. The lowest BCUT2D eigenvalue weighted by Gasteiger charge is -2.00. The molecule has 0 saturated heterocycles. The average molecular weight is 164 g/mol. The van der Waals surface area contributed by atoms with Crippen molar-refractivity contribution in [1.82, 2.24) is 0 Å². The molecule has 6 heteroatoms. The predicted octanol–water partition coefficient (Wildman–Crippen LogP) is -1.42. The highest BCUT2D eigenvalue weighted by Gasteiger charge is 2.00. The van der Waals surface area contributed by atoms with Crippen molar-refractivity contribution in [2.24, 2.45) is 0 Å². The lowest BCUT2D eigenvalue weighted by molar-refractivity contribution is -0.165. The third-order valence-electron chi connectivity index (χ3n) is 0.658. The maximum atomic E-state index is 10.2. The SMILES string of the molecule is O=C(O)COCOC(=O)CO. The Labute approximate surface area is 62.3 Å². The summed E-state index contributed by atoms with van der Waals surface area (Å²) in [5, 5.41) is 16.1. The first-order chi connectivity index (χ1) is 5.16. The average Bonchev–Trinajstić information content (AvgIpc) is 1.97. The van der Waals surface area contributed by atoms with E-state index in [1.165, 1.54) is 0 Å². The van der Waals surface area contributed by atoms with Crippen LogP contribution >= 0.6 is 0 Å². The van der Waals surface area contributed by atoms with E-state index >= 15 is 0 Å². The lowest BCUT2D eigenvalue weighted by atomic mass is 10.7. The predicted molar refractivity (Wildman–Crippen MR) is 31.6 cm³/mol. The van der Waals surface area contributed by atoms with Crippen molar-refractivity contribution < 1.29 is 29.3 Å². The fraction of sp³-hybridized carbons (Fsp3) is 0.600. The molecule has 6 nitrogen and oxygen atoms in total. The number of hydrogen-bond acceptors (Lipinski definition) is 5. The van der Waals surface area contributed by atoms with Crippen LogP contribution in [0.4, 0.5) is 0 Å². The van der Waals surface area contributed by atoms with E-state index < -0.39 is 31.9 Å². The van der Waals surface area contributed by atoms with Crippen molar-refractivity contribution in [1.29, 1.82) is 0 Å². The summed E-state index contributed by atoms with van der Waals surface area (Å²) in [6, 6.07) is 0. The van der Waals surface area contributed by atoms with Gasteiger partial charge in [-0.05, 0) is 0 Å². The van der Waals surface area contributed by atoms with E-state index in [9.17, 15) is 9.59 Å². The highest BCUT2D eigenvalue weighted by atomic mass is 16.7. The highest BCUT2D eigenvalue weighted by molar-refractivity contribution is 5.70. The van der Waals surface area contributed by atoms with Gasteiger partial charge in [-0.3, -0.25) is 0 Å². The molecule has 2 N–H and O–H groups in total. The van der Waals surface area contributed by atoms with E-state index in [4.69, 9.17) is 10.2 Å². The molecule has 0 spiro atoms. The summed E-state index contributed by atoms with van der Waals surface area (Å²) in [6.45, 7) is -1.72. The van der Waals surface area contributed by atoms with E-state index in [1.54, 1.807) is 0 Å². The van der Waals surface area contributed by atoms with E-state index in [0.717, 1.165) is 0 Å². The molecule has 0 bridgehead atoms. The molecule has 0 atom stereocenters. The fourth-order valence-corrected chi connectivity index (χ4v) is 0.282. The molecule has 0 amide bonds. The Kier molecular flexibility index (Phi) is 5.05. The van der Waals surface area contributed by atoms with Crippen molar-refractivity contribution >= 4 is 11.9 Å². The Bertz CT molecular complexity index is 142. The molecule has 0 aliphatic heterocycles. The summed E-state index contributed by atoms with van der Waals surface area (Å²) in [4.78, 5) is 20.0. The van der Waals surface area contributed by atoms with Crippen LogP contribution in [-0.4, -0.2) is 42.2 Å². The van der Waals surface area contributed by atoms with Crippen LogP contribution in [0.3, 0.4) is 0 Å². The maximum Gasteiger partial charge on any atom is 0.333 e. The molecule has 0 saturated carbocycles. The summed E-state index contributed by atoms with van der Waals surface area (Å²) in [5.41, 5.74) is 0. The molecule has 0 heterocycles. The highest BCUT2D eigenvalue weighted by Crippen LogP contribution is 1.79. The maximum absolute atomic E-state index is 10.2. The zero-order valence-corrected chi connectivity index (χ0v) is 5.65. The summed E-state index contributed by atoms with van der Waals surface area (Å²) < 4.78 is 8.48. The normalized spacial score (nSPS) is 9.18. The van der Waals surface area contributed by atoms with Gasteiger partial charge in [-0.2, -0.15) is 0 Å². The molecule has 0 aromatic rings. The molecule has 64 valence electrons. The zero-order valence-electron chi connectivity index (χ0n) is 5.65. The second-order valence-electron chi connectivity index (χ2n) is 1.53. The van der Waals surface area contributed by atoms with Gasteiger partial charge in [-0.25, -0.2) is 9.59 Å². The summed E-state index contributed by atoms with van der Waals surface area (Å²) in [7, 11) is 0. The summed E-state index contributed by atoms with van der Waals surface area (Å²) in [5.74, 6) is -2.00. The molecule has 0 unspecified atom stereocenters. The molecule has 11 heavy (non-hydrogen) atoms. The van der Waals surface area contributed by atoms with Crippen molar-refractivity contribution in [3.05, 3.63) is 0 Å².